The molecule has 0 unspecified atom stereocenters. The van der Waals surface area contributed by atoms with Crippen LogP contribution in [0.15, 0.2) is 47.4 Å². The normalized spacial score (nSPS) is 15.9. The molecule has 0 atom stereocenters. The van der Waals surface area contributed by atoms with E-state index in [1.807, 2.05) is 13.0 Å². The van der Waals surface area contributed by atoms with Crippen LogP contribution in [0.25, 0.3) is 0 Å². The molecule has 27 heavy (non-hydrogen) atoms. The van der Waals surface area contributed by atoms with E-state index in [9.17, 15) is 13.2 Å². The van der Waals surface area contributed by atoms with Crippen LogP contribution in [0.5, 0.6) is 0 Å². The molecule has 0 spiro atoms. The van der Waals surface area contributed by atoms with E-state index >= 15 is 0 Å². The fraction of sp³-hybridized carbons (Fsp3) is 0.350. The Bertz CT molecular complexity index is 936. The molecule has 0 radical (unpaired) electrons. The van der Waals surface area contributed by atoms with Crippen molar-refractivity contribution in [3.63, 3.8) is 0 Å². The van der Waals surface area contributed by atoms with Crippen molar-refractivity contribution >= 4 is 33.2 Å². The summed E-state index contributed by atoms with van der Waals surface area (Å²) in [5, 5.41) is 3.32. The molecule has 1 aliphatic heterocycles. The number of carbonyl (C=O) groups is 1. The zero-order valence-corrected chi connectivity index (χ0v) is 16.8. The van der Waals surface area contributed by atoms with E-state index < -0.39 is 10.0 Å². The number of hydrogen-bond donors (Lipinski definition) is 1. The minimum atomic E-state index is -3.59. The van der Waals surface area contributed by atoms with Gasteiger partial charge in [0.2, 0.25) is 10.0 Å². The Balaban J connectivity index is 1.81. The number of rotatable bonds is 4. The number of hydrogen-bond acceptors (Lipinski definition) is 3. The Kier molecular flexibility index (Phi) is 6.19. The molecule has 1 amide bonds. The van der Waals surface area contributed by atoms with E-state index in [1.54, 1.807) is 30.3 Å². The first-order valence-electron chi connectivity index (χ1n) is 9.05. The first-order chi connectivity index (χ1) is 12.9. The van der Waals surface area contributed by atoms with Gasteiger partial charge in [-0.1, -0.05) is 36.6 Å². The van der Waals surface area contributed by atoms with Crippen LogP contribution in [-0.2, 0) is 10.0 Å². The molecule has 7 heteroatoms. The number of amides is 1. The number of carbonyl (C=O) groups excluding carboxylic acids is 1. The Morgan fingerprint density at radius 3 is 2.41 bits per heavy atom. The molecule has 1 saturated heterocycles. The van der Waals surface area contributed by atoms with Crippen LogP contribution in [0.3, 0.4) is 0 Å². The number of halogens is 1. The average molecular weight is 407 g/mol. The molecule has 2 aromatic carbocycles. The summed E-state index contributed by atoms with van der Waals surface area (Å²) < 4.78 is 27.4. The second kappa shape index (κ2) is 8.42. The number of nitrogens with one attached hydrogen (secondary N) is 1. The minimum Gasteiger partial charge on any atom is -0.322 e. The van der Waals surface area contributed by atoms with Crippen molar-refractivity contribution in [2.45, 2.75) is 37.5 Å². The molecule has 0 saturated carbocycles. The zero-order valence-electron chi connectivity index (χ0n) is 15.2. The van der Waals surface area contributed by atoms with Gasteiger partial charge < -0.3 is 5.32 Å². The van der Waals surface area contributed by atoms with Gasteiger partial charge in [-0.15, -0.1) is 0 Å². The maximum absolute atomic E-state index is 12.9. The fourth-order valence-electron chi connectivity index (χ4n) is 3.10. The summed E-state index contributed by atoms with van der Waals surface area (Å²) in [5.41, 5.74) is 1.78. The van der Waals surface area contributed by atoms with E-state index in [0.29, 0.717) is 29.4 Å². The van der Waals surface area contributed by atoms with Crippen LogP contribution in [0.4, 0.5) is 5.69 Å². The average Bonchev–Trinajstić information content (AvgIpc) is 2.95. The largest absolute Gasteiger partial charge is 0.322 e. The lowest BCUT2D eigenvalue weighted by Crippen LogP contribution is -2.32. The van der Waals surface area contributed by atoms with Gasteiger partial charge in [-0.3, -0.25) is 4.79 Å². The number of sulfonamides is 1. The summed E-state index contributed by atoms with van der Waals surface area (Å²) in [7, 11) is -3.59. The third kappa shape index (κ3) is 4.69. The standard InChI is InChI=1S/C20H23ClN2O3S/c1-15-9-10-17(14-19(15)21)22-20(24)16-7-6-8-18(13-16)27(25,26)23-11-4-2-3-5-12-23/h6-10,13-14H,2-5,11-12H2,1H3,(H,22,24). The summed E-state index contributed by atoms with van der Waals surface area (Å²) >= 11 is 6.09. The third-order valence-electron chi connectivity index (χ3n) is 4.73. The third-order valence-corrected chi connectivity index (χ3v) is 7.03. The van der Waals surface area contributed by atoms with Crippen LogP contribution in [0.2, 0.25) is 5.02 Å². The Hall–Kier alpha value is -1.89. The number of nitrogens with zero attached hydrogens (tertiary/aromatic N) is 1. The van der Waals surface area contributed by atoms with Gasteiger partial charge in [0.1, 0.15) is 0 Å². The van der Waals surface area contributed by atoms with E-state index in [0.717, 1.165) is 31.2 Å². The monoisotopic (exact) mass is 406 g/mol. The van der Waals surface area contributed by atoms with Gasteiger partial charge in [0.05, 0.1) is 4.90 Å². The van der Waals surface area contributed by atoms with Gasteiger partial charge >= 0.3 is 0 Å². The van der Waals surface area contributed by atoms with E-state index in [-0.39, 0.29) is 10.8 Å². The molecular weight excluding hydrogens is 384 g/mol. The predicted molar refractivity (Wildman–Crippen MR) is 108 cm³/mol. The van der Waals surface area contributed by atoms with Crippen LogP contribution in [0.1, 0.15) is 41.6 Å². The highest BCUT2D eigenvalue weighted by Crippen LogP contribution is 2.23. The Morgan fingerprint density at radius 1 is 1.04 bits per heavy atom. The van der Waals surface area contributed by atoms with Crippen molar-refractivity contribution in [1.29, 1.82) is 0 Å². The Labute approximate surface area is 165 Å². The highest BCUT2D eigenvalue weighted by molar-refractivity contribution is 7.89. The van der Waals surface area contributed by atoms with E-state index in [1.165, 1.54) is 10.4 Å². The van der Waals surface area contributed by atoms with E-state index in [4.69, 9.17) is 11.6 Å². The molecule has 5 nitrogen and oxygen atoms in total. The maximum atomic E-state index is 12.9. The SMILES string of the molecule is Cc1ccc(NC(=O)c2cccc(S(=O)(=O)N3CCCCCC3)c2)cc1Cl. The molecular formula is C20H23ClN2O3S. The number of aryl methyl sites for hydroxylation is 1. The van der Waals surface area contributed by atoms with Gasteiger partial charge in [0, 0.05) is 29.4 Å². The quantitative estimate of drug-likeness (QED) is 0.814. The molecule has 0 bridgehead atoms. The fourth-order valence-corrected chi connectivity index (χ4v) is 4.85. The molecule has 1 N–H and O–H groups in total. The maximum Gasteiger partial charge on any atom is 0.255 e. The van der Waals surface area contributed by atoms with Crippen LogP contribution >= 0.6 is 11.6 Å². The number of benzene rings is 2. The Morgan fingerprint density at radius 2 is 1.74 bits per heavy atom. The number of anilines is 1. The van der Waals surface area contributed by atoms with Gasteiger partial charge in [-0.2, -0.15) is 4.31 Å². The van der Waals surface area contributed by atoms with E-state index in [2.05, 4.69) is 5.32 Å². The summed E-state index contributed by atoms with van der Waals surface area (Å²) in [6.07, 6.45) is 3.84. The summed E-state index contributed by atoms with van der Waals surface area (Å²) in [4.78, 5) is 12.7. The van der Waals surface area contributed by atoms with Crippen molar-refractivity contribution in [3.8, 4) is 0 Å². The lowest BCUT2D eigenvalue weighted by atomic mass is 10.2. The minimum absolute atomic E-state index is 0.152. The summed E-state index contributed by atoms with van der Waals surface area (Å²) in [6, 6.07) is 11.4. The van der Waals surface area contributed by atoms with Gasteiger partial charge in [0.15, 0.2) is 0 Å². The molecule has 0 aliphatic carbocycles. The smallest absolute Gasteiger partial charge is 0.255 e. The lowest BCUT2D eigenvalue weighted by Gasteiger charge is -2.20. The van der Waals surface area contributed by atoms with Gasteiger partial charge in [0.25, 0.3) is 5.91 Å². The van der Waals surface area contributed by atoms with Crippen molar-refractivity contribution < 1.29 is 13.2 Å². The lowest BCUT2D eigenvalue weighted by molar-refractivity contribution is 0.102. The molecule has 144 valence electrons. The second-order valence-corrected chi connectivity index (χ2v) is 9.11. The van der Waals surface area contributed by atoms with Crippen LogP contribution in [0, 0.1) is 6.92 Å². The molecule has 1 aliphatic rings. The second-order valence-electron chi connectivity index (χ2n) is 6.76. The topological polar surface area (TPSA) is 66.5 Å². The van der Waals surface area contributed by atoms with Crippen molar-refractivity contribution in [2.75, 3.05) is 18.4 Å². The molecule has 1 heterocycles. The molecule has 1 fully saturated rings. The predicted octanol–water partition coefficient (Wildman–Crippen LogP) is 4.47. The van der Waals surface area contributed by atoms with Gasteiger partial charge in [-0.05, 0) is 55.7 Å². The first-order valence-corrected chi connectivity index (χ1v) is 10.9. The van der Waals surface area contributed by atoms with Crippen molar-refractivity contribution in [1.82, 2.24) is 4.31 Å². The zero-order chi connectivity index (χ0) is 19.4. The molecule has 3 rings (SSSR count). The van der Waals surface area contributed by atoms with Crippen molar-refractivity contribution in [3.05, 3.63) is 58.6 Å². The van der Waals surface area contributed by atoms with Crippen LogP contribution < -0.4 is 5.32 Å². The van der Waals surface area contributed by atoms with Crippen LogP contribution in [-0.4, -0.2) is 31.7 Å². The van der Waals surface area contributed by atoms with Crippen molar-refractivity contribution in [2.24, 2.45) is 0 Å². The summed E-state index contributed by atoms with van der Waals surface area (Å²) in [5.74, 6) is -0.372. The first kappa shape index (κ1) is 19.9. The summed E-state index contributed by atoms with van der Waals surface area (Å²) in [6.45, 7) is 2.94. The van der Waals surface area contributed by atoms with Gasteiger partial charge in [-0.25, -0.2) is 8.42 Å². The molecule has 0 aromatic heterocycles. The molecule has 2 aromatic rings. The highest BCUT2D eigenvalue weighted by Gasteiger charge is 2.25. The highest BCUT2D eigenvalue weighted by atomic mass is 35.5.